The van der Waals surface area contributed by atoms with Crippen LogP contribution < -0.4 is 5.32 Å². The van der Waals surface area contributed by atoms with E-state index in [9.17, 15) is 22.8 Å². The van der Waals surface area contributed by atoms with Crippen LogP contribution in [-0.2, 0) is 9.59 Å². The first kappa shape index (κ1) is 15.7. The van der Waals surface area contributed by atoms with Crippen LogP contribution in [0.4, 0.5) is 13.2 Å². The first-order chi connectivity index (χ1) is 8.73. The molecule has 5 nitrogen and oxygen atoms in total. The molecule has 0 aromatic rings. The summed E-state index contributed by atoms with van der Waals surface area (Å²) in [5, 5.41) is 11.3. The molecule has 1 unspecified atom stereocenters. The maximum atomic E-state index is 12.9. The van der Waals surface area contributed by atoms with Crippen molar-refractivity contribution in [1.82, 2.24) is 10.2 Å². The van der Waals surface area contributed by atoms with Crippen LogP contribution in [0.3, 0.4) is 0 Å². The number of carbonyl (C=O) groups excluding carboxylic acids is 1. The van der Waals surface area contributed by atoms with Gasteiger partial charge in [-0.15, -0.1) is 0 Å². The molecule has 1 amide bonds. The Labute approximate surface area is 108 Å². The van der Waals surface area contributed by atoms with Gasteiger partial charge in [-0.1, -0.05) is 0 Å². The predicted octanol–water partition coefficient (Wildman–Crippen LogP) is 0.852. The van der Waals surface area contributed by atoms with Gasteiger partial charge >= 0.3 is 12.1 Å². The van der Waals surface area contributed by atoms with E-state index in [1.165, 1.54) is 11.9 Å². The highest BCUT2D eigenvalue weighted by atomic mass is 19.4. The molecule has 0 spiro atoms. The van der Waals surface area contributed by atoms with E-state index in [1.54, 1.807) is 0 Å². The Balaban J connectivity index is 2.56. The summed E-state index contributed by atoms with van der Waals surface area (Å²) >= 11 is 0. The van der Waals surface area contributed by atoms with E-state index in [2.05, 4.69) is 5.32 Å². The molecule has 0 bridgehead atoms. The number of likely N-dealkylation sites (tertiary alicyclic amines) is 1. The smallest absolute Gasteiger partial charge is 0.406 e. The third kappa shape index (κ3) is 3.37. The van der Waals surface area contributed by atoms with Crippen molar-refractivity contribution in [2.75, 3.05) is 26.7 Å². The van der Waals surface area contributed by atoms with Crippen molar-refractivity contribution >= 4 is 11.9 Å². The van der Waals surface area contributed by atoms with Gasteiger partial charge in [0.15, 0.2) is 5.41 Å². The van der Waals surface area contributed by atoms with Gasteiger partial charge in [0.05, 0.1) is 0 Å². The Morgan fingerprint density at radius 3 is 2.47 bits per heavy atom. The summed E-state index contributed by atoms with van der Waals surface area (Å²) in [5.41, 5.74) is -2.67. The highest BCUT2D eigenvalue weighted by Crippen LogP contribution is 2.45. The number of carboxylic acids is 1. The van der Waals surface area contributed by atoms with Crippen molar-refractivity contribution in [3.63, 3.8) is 0 Å². The Bertz CT molecular complexity index is 360. The number of amides is 1. The maximum absolute atomic E-state index is 12.9. The molecular weight excluding hydrogens is 265 g/mol. The number of aliphatic carboxylic acids is 1. The lowest BCUT2D eigenvalue weighted by molar-refractivity contribution is -0.227. The predicted molar refractivity (Wildman–Crippen MR) is 60.5 cm³/mol. The number of nitrogens with one attached hydrogen (secondary N) is 1. The molecule has 19 heavy (non-hydrogen) atoms. The zero-order chi connectivity index (χ0) is 14.7. The summed E-state index contributed by atoms with van der Waals surface area (Å²) in [7, 11) is 1.48. The van der Waals surface area contributed by atoms with Gasteiger partial charge in [0.2, 0.25) is 5.91 Å². The van der Waals surface area contributed by atoms with Crippen LogP contribution in [0, 0.1) is 5.41 Å². The van der Waals surface area contributed by atoms with Gasteiger partial charge in [-0.3, -0.25) is 9.59 Å². The van der Waals surface area contributed by atoms with Crippen LogP contribution in [0.2, 0.25) is 0 Å². The second-order valence-electron chi connectivity index (χ2n) is 4.69. The minimum Gasteiger partial charge on any atom is -0.481 e. The lowest BCUT2D eigenvalue weighted by atomic mass is 9.86. The van der Waals surface area contributed by atoms with Crippen molar-refractivity contribution in [3.8, 4) is 0 Å². The third-order valence-electron chi connectivity index (χ3n) is 3.46. The Kier molecular flexibility index (Phi) is 4.78. The lowest BCUT2D eigenvalue weighted by Gasteiger charge is -2.27. The average molecular weight is 282 g/mol. The lowest BCUT2D eigenvalue weighted by Crippen LogP contribution is -2.47. The minimum atomic E-state index is -4.76. The van der Waals surface area contributed by atoms with E-state index in [4.69, 9.17) is 5.11 Å². The van der Waals surface area contributed by atoms with E-state index in [0.717, 1.165) is 0 Å². The zero-order valence-electron chi connectivity index (χ0n) is 10.6. The van der Waals surface area contributed by atoms with Crippen molar-refractivity contribution in [3.05, 3.63) is 0 Å². The van der Waals surface area contributed by atoms with Crippen molar-refractivity contribution < 1.29 is 27.9 Å². The molecule has 1 rings (SSSR count). The van der Waals surface area contributed by atoms with Gasteiger partial charge in [0, 0.05) is 20.0 Å². The van der Waals surface area contributed by atoms with Gasteiger partial charge in [0.25, 0.3) is 0 Å². The number of nitrogens with zero attached hydrogens (tertiary/aromatic N) is 1. The van der Waals surface area contributed by atoms with Crippen molar-refractivity contribution in [1.29, 1.82) is 0 Å². The van der Waals surface area contributed by atoms with Crippen LogP contribution >= 0.6 is 0 Å². The fourth-order valence-corrected chi connectivity index (χ4v) is 2.20. The number of carboxylic acid groups (broad SMARTS) is 1. The van der Waals surface area contributed by atoms with Crippen LogP contribution in [0.5, 0.6) is 0 Å². The van der Waals surface area contributed by atoms with Gasteiger partial charge < -0.3 is 15.3 Å². The number of hydrogen-bond acceptors (Lipinski definition) is 3. The van der Waals surface area contributed by atoms with Gasteiger partial charge in [-0.05, 0) is 25.9 Å². The monoisotopic (exact) mass is 282 g/mol. The highest BCUT2D eigenvalue weighted by molar-refractivity contribution is 5.76. The normalized spacial score (nSPS) is 24.4. The summed E-state index contributed by atoms with van der Waals surface area (Å²) in [5.74, 6) is -2.01. The quantitative estimate of drug-likeness (QED) is 0.784. The molecule has 1 atom stereocenters. The molecule has 1 heterocycles. The number of carbonyl (C=O) groups is 2. The van der Waals surface area contributed by atoms with Crippen molar-refractivity contribution in [2.24, 2.45) is 5.41 Å². The summed E-state index contributed by atoms with van der Waals surface area (Å²) in [4.78, 5) is 23.4. The first-order valence-corrected chi connectivity index (χ1v) is 5.96. The van der Waals surface area contributed by atoms with Gasteiger partial charge in [-0.2, -0.15) is 13.2 Å². The van der Waals surface area contributed by atoms with E-state index in [1.807, 2.05) is 0 Å². The zero-order valence-corrected chi connectivity index (χ0v) is 10.6. The molecule has 0 aromatic carbocycles. The second kappa shape index (κ2) is 5.77. The molecule has 0 aromatic heterocycles. The largest absolute Gasteiger partial charge is 0.481 e. The number of hydrogen-bond donors (Lipinski definition) is 2. The summed E-state index contributed by atoms with van der Waals surface area (Å²) in [6.45, 7) is -0.169. The molecule has 0 aliphatic carbocycles. The summed E-state index contributed by atoms with van der Waals surface area (Å²) in [6, 6.07) is 0. The van der Waals surface area contributed by atoms with Crippen LogP contribution in [0.25, 0.3) is 0 Å². The summed E-state index contributed by atoms with van der Waals surface area (Å²) in [6.07, 6.45) is -4.56. The molecule has 1 saturated heterocycles. The number of halogens is 3. The van der Waals surface area contributed by atoms with E-state index < -0.39 is 30.5 Å². The van der Waals surface area contributed by atoms with Crippen LogP contribution in [0.1, 0.15) is 19.3 Å². The molecule has 8 heteroatoms. The molecule has 0 saturated carbocycles. The average Bonchev–Trinajstić information content (AvgIpc) is 2.73. The first-order valence-electron chi connectivity index (χ1n) is 5.96. The Hall–Kier alpha value is -1.31. The molecule has 1 aliphatic heterocycles. The van der Waals surface area contributed by atoms with Gasteiger partial charge in [-0.25, -0.2) is 0 Å². The fraction of sp³-hybridized carbons (Fsp3) is 0.818. The van der Waals surface area contributed by atoms with Crippen LogP contribution in [-0.4, -0.2) is 54.7 Å². The SMILES string of the molecule is CNC(=O)CCCN1CCC(C(=O)O)(C(F)(F)F)C1. The molecule has 1 fully saturated rings. The van der Waals surface area contributed by atoms with E-state index in [-0.39, 0.29) is 18.9 Å². The maximum Gasteiger partial charge on any atom is 0.406 e. The Morgan fingerprint density at radius 1 is 1.42 bits per heavy atom. The number of alkyl halides is 3. The molecule has 2 N–H and O–H groups in total. The van der Waals surface area contributed by atoms with Crippen molar-refractivity contribution in [2.45, 2.75) is 25.4 Å². The Morgan fingerprint density at radius 2 is 2.05 bits per heavy atom. The topological polar surface area (TPSA) is 69.6 Å². The molecule has 110 valence electrons. The third-order valence-corrected chi connectivity index (χ3v) is 3.46. The molecule has 1 aliphatic rings. The molecule has 0 radical (unpaired) electrons. The highest BCUT2D eigenvalue weighted by Gasteiger charge is 2.63. The van der Waals surface area contributed by atoms with E-state index in [0.29, 0.717) is 13.0 Å². The summed E-state index contributed by atoms with van der Waals surface area (Å²) < 4.78 is 38.6. The fourth-order valence-electron chi connectivity index (χ4n) is 2.20. The van der Waals surface area contributed by atoms with E-state index >= 15 is 0 Å². The standard InChI is InChI=1S/C11H17F3N2O3/c1-15-8(17)3-2-5-16-6-4-10(7-16,9(18)19)11(12,13)14/h2-7H2,1H3,(H,15,17)(H,18,19). The molecular formula is C11H17F3N2O3. The van der Waals surface area contributed by atoms with Gasteiger partial charge in [0.1, 0.15) is 0 Å². The second-order valence-corrected chi connectivity index (χ2v) is 4.69. The number of rotatable bonds is 5. The van der Waals surface area contributed by atoms with Crippen LogP contribution in [0.15, 0.2) is 0 Å². The minimum absolute atomic E-state index is 0.0829.